The molecule has 204 valence electrons. The molecule has 11 heteroatoms. The number of halogens is 4. The molecule has 0 spiro atoms. The number of fused-ring (bicyclic) bond motifs is 1. The number of carbonyl (C=O) groups is 1. The van der Waals surface area contributed by atoms with Crippen LogP contribution in [0.1, 0.15) is 36.7 Å². The molecule has 3 aromatic carbocycles. The number of hydrogen-bond donors (Lipinski definition) is 1. The van der Waals surface area contributed by atoms with Crippen LogP contribution in [0.15, 0.2) is 65.3 Å². The van der Waals surface area contributed by atoms with E-state index in [1.165, 1.54) is 42.6 Å². The molecule has 5 aromatic rings. The highest BCUT2D eigenvalue weighted by molar-refractivity contribution is 5.87. The van der Waals surface area contributed by atoms with Crippen molar-refractivity contribution >= 4 is 22.9 Å². The van der Waals surface area contributed by atoms with Gasteiger partial charge in [0.25, 0.3) is 5.89 Å². The summed E-state index contributed by atoms with van der Waals surface area (Å²) < 4.78 is 74.8. The van der Waals surface area contributed by atoms with Crippen LogP contribution in [-0.4, -0.2) is 27.7 Å². The third-order valence-corrected chi connectivity index (χ3v) is 6.13. The van der Waals surface area contributed by atoms with Gasteiger partial charge in [-0.25, -0.2) is 22.4 Å². The van der Waals surface area contributed by atoms with Crippen LogP contribution in [0.3, 0.4) is 0 Å². The summed E-state index contributed by atoms with van der Waals surface area (Å²) in [5.74, 6) is -5.47. The average molecular weight is 551 g/mol. The van der Waals surface area contributed by atoms with Crippen molar-refractivity contribution in [3.63, 3.8) is 0 Å². The Labute approximate surface area is 225 Å². The first-order valence-corrected chi connectivity index (χ1v) is 12.2. The predicted molar refractivity (Wildman–Crippen MR) is 138 cm³/mol. The molecule has 0 aliphatic heterocycles. The number of nitrogens with one attached hydrogen (secondary N) is 1. The van der Waals surface area contributed by atoms with Crippen LogP contribution >= 0.6 is 0 Å². The van der Waals surface area contributed by atoms with E-state index in [4.69, 9.17) is 14.0 Å². The molecule has 7 nitrogen and oxygen atoms in total. The van der Waals surface area contributed by atoms with Crippen molar-refractivity contribution < 1.29 is 36.4 Å². The number of rotatable bonds is 8. The number of nitrogens with zero attached hydrogens (tertiary/aromatic N) is 2. The predicted octanol–water partition coefficient (Wildman–Crippen LogP) is 7.29. The molecule has 0 saturated heterocycles. The zero-order valence-electron chi connectivity index (χ0n) is 21.2. The van der Waals surface area contributed by atoms with Gasteiger partial charge in [0.1, 0.15) is 17.4 Å². The van der Waals surface area contributed by atoms with Crippen molar-refractivity contribution in [3.8, 4) is 23.0 Å². The van der Waals surface area contributed by atoms with Gasteiger partial charge in [-0.3, -0.25) is 0 Å². The molecule has 0 saturated carbocycles. The van der Waals surface area contributed by atoms with Crippen LogP contribution in [0.4, 0.5) is 17.6 Å². The molecule has 0 fully saturated rings. The first-order chi connectivity index (χ1) is 19.3. The summed E-state index contributed by atoms with van der Waals surface area (Å²) in [6, 6.07) is 10.5. The van der Waals surface area contributed by atoms with Gasteiger partial charge in [-0.05, 0) is 42.8 Å². The number of carbonyl (C=O) groups excluding carboxylic acids is 1. The second-order valence-corrected chi connectivity index (χ2v) is 8.70. The van der Waals surface area contributed by atoms with Gasteiger partial charge >= 0.3 is 5.97 Å². The maximum absolute atomic E-state index is 15.2. The Morgan fingerprint density at radius 1 is 1.07 bits per heavy atom. The molecular weight excluding hydrogens is 530 g/mol. The molecule has 0 bridgehead atoms. The number of esters is 1. The average Bonchev–Trinajstić information content (AvgIpc) is 3.61. The lowest BCUT2D eigenvalue weighted by Gasteiger charge is -2.10. The summed E-state index contributed by atoms with van der Waals surface area (Å²) in [4.78, 5) is 18.5. The Morgan fingerprint density at radius 3 is 2.70 bits per heavy atom. The smallest absolute Gasteiger partial charge is 0.330 e. The molecule has 0 aliphatic rings. The fourth-order valence-electron chi connectivity index (χ4n) is 4.09. The third-order valence-electron chi connectivity index (χ3n) is 6.13. The summed E-state index contributed by atoms with van der Waals surface area (Å²) in [6.45, 7) is 3.48. The van der Waals surface area contributed by atoms with Gasteiger partial charge in [-0.2, -0.15) is 4.98 Å². The summed E-state index contributed by atoms with van der Waals surface area (Å²) in [7, 11) is 0. The molecule has 1 N–H and O–H groups in total. The minimum atomic E-state index is -0.950. The van der Waals surface area contributed by atoms with E-state index in [1.54, 1.807) is 19.9 Å². The second-order valence-electron chi connectivity index (χ2n) is 8.70. The Morgan fingerprint density at radius 2 is 1.90 bits per heavy atom. The highest BCUT2D eigenvalue weighted by atomic mass is 19.1. The molecule has 40 heavy (non-hydrogen) atoms. The summed E-state index contributed by atoms with van der Waals surface area (Å²) >= 11 is 0. The number of ether oxygens (including phenoxy) is 2. The first-order valence-electron chi connectivity index (χ1n) is 12.2. The van der Waals surface area contributed by atoms with Crippen molar-refractivity contribution in [2.24, 2.45) is 0 Å². The molecule has 1 unspecified atom stereocenters. The minimum Gasteiger partial charge on any atom is -0.463 e. The van der Waals surface area contributed by atoms with Gasteiger partial charge in [0.05, 0.1) is 17.7 Å². The van der Waals surface area contributed by atoms with E-state index in [9.17, 15) is 18.0 Å². The van der Waals surface area contributed by atoms with E-state index >= 15 is 4.39 Å². The maximum atomic E-state index is 15.2. The van der Waals surface area contributed by atoms with Gasteiger partial charge in [-0.15, -0.1) is 0 Å². The maximum Gasteiger partial charge on any atom is 0.330 e. The van der Waals surface area contributed by atoms with Crippen molar-refractivity contribution in [2.45, 2.75) is 19.8 Å². The molecular formula is C29H21F4N3O4. The molecule has 0 amide bonds. The van der Waals surface area contributed by atoms with Crippen LogP contribution in [0.2, 0.25) is 0 Å². The highest BCUT2D eigenvalue weighted by Crippen LogP contribution is 2.35. The second kappa shape index (κ2) is 11.0. The van der Waals surface area contributed by atoms with E-state index in [2.05, 4.69) is 15.1 Å². The largest absolute Gasteiger partial charge is 0.463 e. The number of aromatic nitrogens is 3. The molecule has 1 atom stereocenters. The third kappa shape index (κ3) is 5.18. The zero-order valence-corrected chi connectivity index (χ0v) is 21.2. The standard InChI is InChI=1S/C29H21F4N3O4/c1-3-38-24(37)10-7-16-5-4-6-18(25(16)32)15(2)28-35-29(40-36-28)20-13-17(8-9-21(20)30)39-27-22(31)14-23-19(26(27)33)11-12-34-23/h4-15,34H,3H2,1-2H3/b10-7+. The fourth-order valence-corrected chi connectivity index (χ4v) is 4.09. The van der Waals surface area contributed by atoms with Gasteiger partial charge in [0.15, 0.2) is 23.2 Å². The Bertz CT molecular complexity index is 1740. The first kappa shape index (κ1) is 26.7. The van der Waals surface area contributed by atoms with Crippen LogP contribution in [0.25, 0.3) is 28.4 Å². The number of benzene rings is 3. The Balaban J connectivity index is 1.41. The molecule has 2 heterocycles. The lowest BCUT2D eigenvalue weighted by molar-refractivity contribution is -0.137. The molecule has 0 aliphatic carbocycles. The van der Waals surface area contributed by atoms with Gasteiger partial charge in [-0.1, -0.05) is 30.3 Å². The Kier molecular flexibility index (Phi) is 7.37. The van der Waals surface area contributed by atoms with Gasteiger partial charge in [0, 0.05) is 35.2 Å². The van der Waals surface area contributed by atoms with Crippen molar-refractivity contribution in [3.05, 3.63) is 101 Å². The van der Waals surface area contributed by atoms with E-state index in [-0.39, 0.29) is 51.7 Å². The van der Waals surface area contributed by atoms with Crippen molar-refractivity contribution in [1.82, 2.24) is 15.1 Å². The number of aromatic amines is 1. The summed E-state index contributed by atoms with van der Waals surface area (Å²) in [6.07, 6.45) is 3.88. The highest BCUT2D eigenvalue weighted by Gasteiger charge is 2.23. The summed E-state index contributed by atoms with van der Waals surface area (Å²) in [5, 5.41) is 4.00. The van der Waals surface area contributed by atoms with E-state index < -0.39 is 40.9 Å². The molecule has 0 radical (unpaired) electrons. The lowest BCUT2D eigenvalue weighted by atomic mass is 9.97. The van der Waals surface area contributed by atoms with Crippen LogP contribution in [-0.2, 0) is 9.53 Å². The topological polar surface area (TPSA) is 90.2 Å². The zero-order chi connectivity index (χ0) is 28.4. The van der Waals surface area contributed by atoms with E-state index in [0.29, 0.717) is 0 Å². The molecule has 2 aromatic heterocycles. The SMILES string of the molecule is CCOC(=O)/C=C/c1cccc(C(C)c2noc(-c3cc(Oc4c(F)cc5[nH]ccc5c4F)ccc3F)n2)c1F. The minimum absolute atomic E-state index is 0.0566. The Hall–Kier alpha value is -4.93. The monoisotopic (exact) mass is 551 g/mol. The van der Waals surface area contributed by atoms with Crippen LogP contribution in [0, 0.1) is 23.3 Å². The van der Waals surface area contributed by atoms with Crippen molar-refractivity contribution in [1.29, 1.82) is 0 Å². The quantitative estimate of drug-likeness (QED) is 0.124. The van der Waals surface area contributed by atoms with Crippen LogP contribution < -0.4 is 4.74 Å². The van der Waals surface area contributed by atoms with Crippen LogP contribution in [0.5, 0.6) is 11.5 Å². The molecule has 5 rings (SSSR count). The fraction of sp³-hybridized carbons (Fsp3) is 0.138. The van der Waals surface area contributed by atoms with E-state index in [1.807, 2.05) is 0 Å². The van der Waals surface area contributed by atoms with Gasteiger partial charge < -0.3 is 19.0 Å². The van der Waals surface area contributed by atoms with Crippen molar-refractivity contribution in [2.75, 3.05) is 6.61 Å². The lowest BCUT2D eigenvalue weighted by Crippen LogP contribution is -2.03. The normalized spacial score (nSPS) is 12.2. The number of H-pyrrole nitrogens is 1. The number of hydrogen-bond acceptors (Lipinski definition) is 6. The van der Waals surface area contributed by atoms with Gasteiger partial charge in [0.2, 0.25) is 0 Å². The van der Waals surface area contributed by atoms with E-state index in [0.717, 1.165) is 18.2 Å². The summed E-state index contributed by atoms with van der Waals surface area (Å²) in [5.41, 5.74) is 0.432.